The smallest absolute Gasteiger partial charge is 0.225 e. The summed E-state index contributed by atoms with van der Waals surface area (Å²) in [5, 5.41) is 10.2. The van der Waals surface area contributed by atoms with Crippen LogP contribution >= 0.6 is 0 Å². The molecule has 0 saturated carbocycles. The van der Waals surface area contributed by atoms with Crippen LogP contribution in [0.1, 0.15) is 5.69 Å². The first kappa shape index (κ1) is 10.2. The van der Waals surface area contributed by atoms with Crippen LogP contribution in [0.4, 0.5) is 0 Å². The van der Waals surface area contributed by atoms with E-state index in [-0.39, 0.29) is 11.8 Å². The Morgan fingerprint density at radius 3 is 3.07 bits per heavy atom. The van der Waals surface area contributed by atoms with Gasteiger partial charge in [-0.05, 0) is 6.07 Å². The average molecular weight is 208 g/mol. The van der Waals surface area contributed by atoms with Gasteiger partial charge in [0.2, 0.25) is 5.91 Å². The van der Waals surface area contributed by atoms with Gasteiger partial charge in [0.1, 0.15) is 0 Å². The standard InChI is InChI=1S/C10H16N4O/c1-14-5-3-9(13-14)2-4-12-10(15)8-6-11-7-8/h3,5,8,11H,2,4,6-7H2,1H3,(H,12,15). The number of nitrogens with zero attached hydrogens (tertiary/aromatic N) is 2. The molecule has 1 fully saturated rings. The number of aromatic nitrogens is 2. The molecule has 0 bridgehead atoms. The number of carbonyl (C=O) groups is 1. The number of hydrogen-bond acceptors (Lipinski definition) is 3. The van der Waals surface area contributed by atoms with Crippen LogP contribution in [-0.2, 0) is 18.3 Å². The summed E-state index contributed by atoms with van der Waals surface area (Å²) in [6.45, 7) is 2.30. The van der Waals surface area contributed by atoms with Gasteiger partial charge in [-0.25, -0.2) is 0 Å². The van der Waals surface area contributed by atoms with Gasteiger partial charge in [-0.2, -0.15) is 5.10 Å². The first-order valence-electron chi connectivity index (χ1n) is 5.22. The number of hydrogen-bond donors (Lipinski definition) is 2. The molecule has 0 spiro atoms. The van der Waals surface area contributed by atoms with Gasteiger partial charge in [0.05, 0.1) is 11.6 Å². The predicted molar refractivity (Wildman–Crippen MR) is 56.3 cm³/mol. The van der Waals surface area contributed by atoms with Gasteiger partial charge in [0, 0.05) is 39.3 Å². The maximum atomic E-state index is 11.4. The van der Waals surface area contributed by atoms with Crippen molar-refractivity contribution in [1.82, 2.24) is 20.4 Å². The highest BCUT2D eigenvalue weighted by Gasteiger charge is 2.24. The third kappa shape index (κ3) is 2.56. The second kappa shape index (κ2) is 4.44. The Bertz CT molecular complexity index is 343. The summed E-state index contributed by atoms with van der Waals surface area (Å²) in [4.78, 5) is 11.4. The van der Waals surface area contributed by atoms with E-state index in [1.807, 2.05) is 19.3 Å². The Morgan fingerprint density at radius 1 is 1.73 bits per heavy atom. The molecule has 1 aliphatic heterocycles. The maximum Gasteiger partial charge on any atom is 0.225 e. The summed E-state index contributed by atoms with van der Waals surface area (Å²) in [5.41, 5.74) is 1.02. The lowest BCUT2D eigenvalue weighted by Crippen LogP contribution is -2.51. The zero-order valence-corrected chi connectivity index (χ0v) is 8.86. The molecule has 1 saturated heterocycles. The molecule has 1 aromatic heterocycles. The largest absolute Gasteiger partial charge is 0.355 e. The quantitative estimate of drug-likeness (QED) is 0.688. The Labute approximate surface area is 88.8 Å². The molecule has 0 atom stereocenters. The minimum atomic E-state index is 0.157. The van der Waals surface area contributed by atoms with Crippen LogP contribution in [0, 0.1) is 5.92 Å². The molecule has 0 aromatic carbocycles. The molecule has 2 rings (SSSR count). The lowest BCUT2D eigenvalue weighted by atomic mass is 10.0. The van der Waals surface area contributed by atoms with Crippen LogP contribution in [0.25, 0.3) is 0 Å². The van der Waals surface area contributed by atoms with Crippen LogP contribution in [0.5, 0.6) is 0 Å². The van der Waals surface area contributed by atoms with Crippen LogP contribution < -0.4 is 10.6 Å². The molecule has 2 N–H and O–H groups in total. The summed E-state index contributed by atoms with van der Waals surface area (Å²) in [7, 11) is 1.89. The Balaban J connectivity index is 1.68. The minimum absolute atomic E-state index is 0.157. The lowest BCUT2D eigenvalue weighted by Gasteiger charge is -2.25. The number of carbonyl (C=O) groups excluding carboxylic acids is 1. The van der Waals surface area contributed by atoms with Gasteiger partial charge >= 0.3 is 0 Å². The molecule has 2 heterocycles. The molecule has 0 unspecified atom stereocenters. The van der Waals surface area contributed by atoms with E-state index in [4.69, 9.17) is 0 Å². The molecule has 1 aliphatic rings. The molecular weight excluding hydrogens is 192 g/mol. The molecule has 82 valence electrons. The second-order valence-corrected chi connectivity index (χ2v) is 3.88. The van der Waals surface area contributed by atoms with E-state index < -0.39 is 0 Å². The summed E-state index contributed by atoms with van der Waals surface area (Å²) in [6, 6.07) is 1.97. The van der Waals surface area contributed by atoms with E-state index >= 15 is 0 Å². The highest BCUT2D eigenvalue weighted by Crippen LogP contribution is 2.02. The first-order valence-corrected chi connectivity index (χ1v) is 5.22. The van der Waals surface area contributed by atoms with Crippen molar-refractivity contribution in [2.45, 2.75) is 6.42 Å². The summed E-state index contributed by atoms with van der Waals surface area (Å²) in [6.07, 6.45) is 2.71. The molecule has 1 amide bonds. The van der Waals surface area contributed by atoms with Crippen LogP contribution in [0.15, 0.2) is 12.3 Å². The van der Waals surface area contributed by atoms with Gasteiger partial charge in [-0.3, -0.25) is 9.48 Å². The van der Waals surface area contributed by atoms with Crippen LogP contribution in [-0.4, -0.2) is 35.3 Å². The van der Waals surface area contributed by atoms with Gasteiger partial charge in [-0.15, -0.1) is 0 Å². The highest BCUT2D eigenvalue weighted by atomic mass is 16.2. The van der Waals surface area contributed by atoms with Crippen molar-refractivity contribution < 1.29 is 4.79 Å². The minimum Gasteiger partial charge on any atom is -0.355 e. The fraction of sp³-hybridized carbons (Fsp3) is 0.600. The normalized spacial score (nSPS) is 16.1. The van der Waals surface area contributed by atoms with E-state index in [0.29, 0.717) is 6.54 Å². The van der Waals surface area contributed by atoms with E-state index in [1.165, 1.54) is 0 Å². The lowest BCUT2D eigenvalue weighted by molar-refractivity contribution is -0.126. The van der Waals surface area contributed by atoms with Crippen molar-refractivity contribution >= 4 is 5.91 Å². The number of rotatable bonds is 4. The fourth-order valence-corrected chi connectivity index (χ4v) is 1.53. The monoisotopic (exact) mass is 208 g/mol. The van der Waals surface area contributed by atoms with Crippen molar-refractivity contribution in [1.29, 1.82) is 0 Å². The third-order valence-electron chi connectivity index (χ3n) is 2.60. The van der Waals surface area contributed by atoms with Gasteiger partial charge in [0.25, 0.3) is 0 Å². The first-order chi connectivity index (χ1) is 7.25. The van der Waals surface area contributed by atoms with Gasteiger partial charge < -0.3 is 10.6 Å². The SMILES string of the molecule is Cn1ccc(CCNC(=O)C2CNC2)n1. The molecule has 0 radical (unpaired) electrons. The number of aryl methyl sites for hydroxylation is 1. The van der Waals surface area contributed by atoms with Crippen LogP contribution in [0.2, 0.25) is 0 Å². The van der Waals surface area contributed by atoms with Crippen LogP contribution in [0.3, 0.4) is 0 Å². The van der Waals surface area contributed by atoms with Crippen molar-refractivity contribution in [3.8, 4) is 0 Å². The number of nitrogens with one attached hydrogen (secondary N) is 2. The van der Waals surface area contributed by atoms with E-state index in [2.05, 4.69) is 15.7 Å². The maximum absolute atomic E-state index is 11.4. The van der Waals surface area contributed by atoms with E-state index in [9.17, 15) is 4.79 Å². The van der Waals surface area contributed by atoms with Crippen molar-refractivity contribution in [3.63, 3.8) is 0 Å². The fourth-order valence-electron chi connectivity index (χ4n) is 1.53. The molecule has 5 heteroatoms. The Hall–Kier alpha value is -1.36. The second-order valence-electron chi connectivity index (χ2n) is 3.88. The highest BCUT2D eigenvalue weighted by molar-refractivity contribution is 5.79. The molecular formula is C10H16N4O. The predicted octanol–water partition coefficient (Wildman–Crippen LogP) is -0.702. The Kier molecular flexibility index (Phi) is 3.01. The number of amides is 1. The van der Waals surface area contributed by atoms with Gasteiger partial charge in [0.15, 0.2) is 0 Å². The van der Waals surface area contributed by atoms with Gasteiger partial charge in [-0.1, -0.05) is 0 Å². The molecule has 15 heavy (non-hydrogen) atoms. The summed E-state index contributed by atoms with van der Waals surface area (Å²) < 4.78 is 1.77. The summed E-state index contributed by atoms with van der Waals surface area (Å²) >= 11 is 0. The average Bonchev–Trinajstić information content (AvgIpc) is 2.48. The van der Waals surface area contributed by atoms with Crippen molar-refractivity contribution in [2.75, 3.05) is 19.6 Å². The Morgan fingerprint density at radius 2 is 2.53 bits per heavy atom. The molecule has 1 aromatic rings. The zero-order valence-electron chi connectivity index (χ0n) is 8.86. The zero-order chi connectivity index (χ0) is 10.7. The van der Waals surface area contributed by atoms with E-state index in [0.717, 1.165) is 25.2 Å². The van der Waals surface area contributed by atoms with E-state index in [1.54, 1.807) is 4.68 Å². The topological polar surface area (TPSA) is 59.0 Å². The molecule has 5 nitrogen and oxygen atoms in total. The van der Waals surface area contributed by atoms with Crippen molar-refractivity contribution in [3.05, 3.63) is 18.0 Å². The van der Waals surface area contributed by atoms with Crippen molar-refractivity contribution in [2.24, 2.45) is 13.0 Å². The summed E-state index contributed by atoms with van der Waals surface area (Å²) in [5.74, 6) is 0.332. The molecule has 0 aliphatic carbocycles. The third-order valence-corrected chi connectivity index (χ3v) is 2.60.